The van der Waals surface area contributed by atoms with Crippen LogP contribution < -0.4 is 10.2 Å². The zero-order valence-electron chi connectivity index (χ0n) is 11.2. The molecule has 110 valence electrons. The van der Waals surface area contributed by atoms with Crippen LogP contribution in [0.1, 0.15) is 5.56 Å². The minimum atomic E-state index is -4.26. The van der Waals surface area contributed by atoms with Crippen molar-refractivity contribution in [3.63, 3.8) is 0 Å². The highest BCUT2D eigenvalue weighted by molar-refractivity contribution is 5.48. The number of nitrogens with one attached hydrogen (secondary N) is 1. The number of halogens is 3. The van der Waals surface area contributed by atoms with Crippen molar-refractivity contribution in [3.8, 4) is 0 Å². The maximum absolute atomic E-state index is 12.5. The molecule has 3 rings (SSSR count). The van der Waals surface area contributed by atoms with Gasteiger partial charge in [-0.2, -0.15) is 13.2 Å². The minimum Gasteiger partial charge on any atom is -0.369 e. The molecule has 0 spiro atoms. The summed E-state index contributed by atoms with van der Waals surface area (Å²) < 4.78 is 37.6. The number of hydrogen-bond acceptors (Lipinski definition) is 3. The Hall–Kier alpha value is -1.27. The molecule has 1 aromatic carbocycles. The molecule has 0 unspecified atom stereocenters. The lowest BCUT2D eigenvalue weighted by Crippen LogP contribution is -2.61. The van der Waals surface area contributed by atoms with Crippen LogP contribution in [0, 0.1) is 0 Å². The predicted molar refractivity (Wildman–Crippen MR) is 71.9 cm³/mol. The highest BCUT2D eigenvalue weighted by Gasteiger charge is 2.31. The van der Waals surface area contributed by atoms with Gasteiger partial charge in [0.2, 0.25) is 0 Å². The van der Waals surface area contributed by atoms with Crippen LogP contribution in [-0.2, 0) is 6.18 Å². The second-order valence-corrected chi connectivity index (χ2v) is 5.38. The lowest BCUT2D eigenvalue weighted by atomic mass is 10.1. The maximum Gasteiger partial charge on any atom is 0.416 e. The number of anilines is 1. The van der Waals surface area contributed by atoms with E-state index < -0.39 is 11.7 Å². The Balaban J connectivity index is 1.60. The lowest BCUT2D eigenvalue weighted by molar-refractivity contribution is -0.137. The van der Waals surface area contributed by atoms with Crippen LogP contribution in [0.15, 0.2) is 24.3 Å². The predicted octanol–water partition coefficient (Wildman–Crippen LogP) is 1.80. The molecule has 2 saturated heterocycles. The maximum atomic E-state index is 12.5. The average Bonchev–Trinajstić information content (AvgIpc) is 2.37. The van der Waals surface area contributed by atoms with E-state index in [2.05, 4.69) is 15.1 Å². The largest absolute Gasteiger partial charge is 0.416 e. The summed E-state index contributed by atoms with van der Waals surface area (Å²) in [7, 11) is 0. The van der Waals surface area contributed by atoms with Crippen molar-refractivity contribution in [2.45, 2.75) is 12.2 Å². The Morgan fingerprint density at radius 1 is 0.950 bits per heavy atom. The molecule has 2 fully saturated rings. The van der Waals surface area contributed by atoms with Gasteiger partial charge < -0.3 is 10.2 Å². The van der Waals surface area contributed by atoms with Crippen LogP contribution in [0.4, 0.5) is 18.9 Å². The van der Waals surface area contributed by atoms with Crippen LogP contribution in [0.25, 0.3) is 0 Å². The number of nitrogens with zero attached hydrogens (tertiary/aromatic N) is 2. The SMILES string of the molecule is FC(F)(F)c1ccc(N2CCN(C3CNC3)CC2)cc1. The fourth-order valence-corrected chi connectivity index (χ4v) is 2.74. The molecular weight excluding hydrogens is 267 g/mol. The standard InChI is InChI=1S/C14H18F3N3/c15-14(16,17)11-1-3-12(4-2-11)19-5-7-20(8-6-19)13-9-18-10-13/h1-4,13,18H,5-10H2. The molecule has 2 heterocycles. The molecule has 0 amide bonds. The van der Waals surface area contributed by atoms with Gasteiger partial charge in [-0.3, -0.25) is 4.90 Å². The van der Waals surface area contributed by atoms with Crippen molar-refractivity contribution in [1.29, 1.82) is 0 Å². The van der Waals surface area contributed by atoms with E-state index in [1.165, 1.54) is 0 Å². The first-order valence-corrected chi connectivity index (χ1v) is 6.91. The third kappa shape index (κ3) is 2.76. The van der Waals surface area contributed by atoms with Crippen LogP contribution in [-0.4, -0.2) is 50.2 Å². The Labute approximate surface area is 116 Å². The Morgan fingerprint density at radius 2 is 1.55 bits per heavy atom. The van der Waals surface area contributed by atoms with Crippen LogP contribution >= 0.6 is 0 Å². The summed E-state index contributed by atoms with van der Waals surface area (Å²) in [5.74, 6) is 0. The molecule has 0 aromatic heterocycles. The molecule has 2 aliphatic heterocycles. The van der Waals surface area contributed by atoms with E-state index in [4.69, 9.17) is 0 Å². The Bertz CT molecular complexity index is 446. The van der Waals surface area contributed by atoms with Crippen molar-refractivity contribution in [1.82, 2.24) is 10.2 Å². The molecule has 0 saturated carbocycles. The third-order valence-electron chi connectivity index (χ3n) is 4.15. The van der Waals surface area contributed by atoms with Gasteiger partial charge in [-0.25, -0.2) is 0 Å². The zero-order chi connectivity index (χ0) is 14.2. The molecule has 6 heteroatoms. The highest BCUT2D eigenvalue weighted by atomic mass is 19.4. The fourth-order valence-electron chi connectivity index (χ4n) is 2.74. The molecule has 0 bridgehead atoms. The van der Waals surface area contributed by atoms with Gasteiger partial charge in [-0.05, 0) is 24.3 Å². The minimum absolute atomic E-state index is 0.583. The highest BCUT2D eigenvalue weighted by Crippen LogP contribution is 2.30. The van der Waals surface area contributed by atoms with Gasteiger partial charge in [0.15, 0.2) is 0 Å². The van der Waals surface area contributed by atoms with E-state index in [-0.39, 0.29) is 0 Å². The van der Waals surface area contributed by atoms with Crippen LogP contribution in [0.5, 0.6) is 0 Å². The van der Waals surface area contributed by atoms with Crippen LogP contribution in [0.3, 0.4) is 0 Å². The monoisotopic (exact) mass is 285 g/mol. The Kier molecular flexibility index (Phi) is 3.60. The topological polar surface area (TPSA) is 18.5 Å². The van der Waals surface area contributed by atoms with E-state index in [0.29, 0.717) is 6.04 Å². The first-order valence-electron chi connectivity index (χ1n) is 6.91. The first kappa shape index (κ1) is 13.7. The number of hydrogen-bond donors (Lipinski definition) is 1. The van der Waals surface area contributed by atoms with E-state index in [1.807, 2.05) is 0 Å². The van der Waals surface area contributed by atoms with E-state index in [1.54, 1.807) is 12.1 Å². The number of benzene rings is 1. The molecule has 20 heavy (non-hydrogen) atoms. The second-order valence-electron chi connectivity index (χ2n) is 5.38. The third-order valence-corrected chi connectivity index (χ3v) is 4.15. The van der Waals surface area contributed by atoms with Crippen molar-refractivity contribution < 1.29 is 13.2 Å². The summed E-state index contributed by atoms with van der Waals surface area (Å²) in [6, 6.07) is 6.12. The quantitative estimate of drug-likeness (QED) is 0.894. The van der Waals surface area contributed by atoms with Crippen molar-refractivity contribution in [2.24, 2.45) is 0 Å². The molecule has 2 aliphatic rings. The summed E-state index contributed by atoms with van der Waals surface area (Å²) in [6.45, 7) is 5.82. The van der Waals surface area contributed by atoms with E-state index in [9.17, 15) is 13.2 Å². The van der Waals surface area contributed by atoms with Gasteiger partial charge in [0.05, 0.1) is 5.56 Å². The van der Waals surface area contributed by atoms with E-state index >= 15 is 0 Å². The fraction of sp³-hybridized carbons (Fsp3) is 0.571. The van der Waals surface area contributed by atoms with Gasteiger partial charge in [-0.15, -0.1) is 0 Å². The second kappa shape index (κ2) is 5.26. The first-order chi connectivity index (χ1) is 9.54. The lowest BCUT2D eigenvalue weighted by Gasteiger charge is -2.43. The Morgan fingerprint density at radius 3 is 2.00 bits per heavy atom. The van der Waals surface area contributed by atoms with Gasteiger partial charge in [-0.1, -0.05) is 0 Å². The number of alkyl halides is 3. The smallest absolute Gasteiger partial charge is 0.369 e. The van der Waals surface area contributed by atoms with Gasteiger partial charge in [0.1, 0.15) is 0 Å². The molecule has 0 radical (unpaired) electrons. The molecule has 1 aromatic rings. The molecular formula is C14H18F3N3. The van der Waals surface area contributed by atoms with Gasteiger partial charge in [0, 0.05) is 51.0 Å². The summed E-state index contributed by atoms with van der Waals surface area (Å²) in [5.41, 5.74) is 0.296. The van der Waals surface area contributed by atoms with Gasteiger partial charge in [0.25, 0.3) is 0 Å². The summed E-state index contributed by atoms with van der Waals surface area (Å²) >= 11 is 0. The van der Waals surface area contributed by atoms with Crippen molar-refractivity contribution in [2.75, 3.05) is 44.2 Å². The van der Waals surface area contributed by atoms with Crippen LogP contribution in [0.2, 0.25) is 0 Å². The summed E-state index contributed by atoms with van der Waals surface area (Å²) in [4.78, 5) is 4.61. The average molecular weight is 285 g/mol. The summed E-state index contributed by atoms with van der Waals surface area (Å²) in [5, 5.41) is 3.26. The molecule has 3 nitrogen and oxygen atoms in total. The molecule has 1 N–H and O–H groups in total. The number of piperazine rings is 1. The summed E-state index contributed by atoms with van der Waals surface area (Å²) in [6.07, 6.45) is -4.26. The van der Waals surface area contributed by atoms with Gasteiger partial charge >= 0.3 is 6.18 Å². The molecule has 0 aliphatic carbocycles. The normalized spacial score (nSPS) is 21.9. The molecule has 0 atom stereocenters. The van der Waals surface area contributed by atoms with Crippen molar-refractivity contribution >= 4 is 5.69 Å². The van der Waals surface area contributed by atoms with E-state index in [0.717, 1.165) is 57.1 Å². The zero-order valence-corrected chi connectivity index (χ0v) is 11.2. The van der Waals surface area contributed by atoms with Crippen molar-refractivity contribution in [3.05, 3.63) is 29.8 Å². The number of rotatable bonds is 2.